The number of aliphatic hydroxyl groups excluding tert-OH is 1. The standard InChI is InChI=1S/C17H22O4/c1-4-12(6-7-18)13-8-11(3)16-14(9-13)10-15(21-16)17(19)20-5-2/h8-10,12,18H,4-7H2,1-3H3. The number of carbonyl (C=O) groups is 1. The van der Waals surface area contributed by atoms with Crippen molar-refractivity contribution in [3.05, 3.63) is 35.1 Å². The Labute approximate surface area is 124 Å². The van der Waals surface area contributed by atoms with Gasteiger partial charge in [-0.2, -0.15) is 0 Å². The van der Waals surface area contributed by atoms with Gasteiger partial charge in [0.2, 0.25) is 5.76 Å². The molecule has 0 spiro atoms. The van der Waals surface area contributed by atoms with E-state index < -0.39 is 5.97 Å². The van der Waals surface area contributed by atoms with Crippen molar-refractivity contribution < 1.29 is 19.1 Å². The molecule has 1 unspecified atom stereocenters. The molecule has 0 aliphatic rings. The minimum absolute atomic E-state index is 0.176. The summed E-state index contributed by atoms with van der Waals surface area (Å²) in [6, 6.07) is 5.85. The molecule has 1 heterocycles. The van der Waals surface area contributed by atoms with Crippen molar-refractivity contribution in [2.45, 2.75) is 39.5 Å². The zero-order valence-electron chi connectivity index (χ0n) is 12.8. The molecular formula is C17H22O4. The largest absolute Gasteiger partial charge is 0.460 e. The normalized spacial score (nSPS) is 12.6. The molecule has 21 heavy (non-hydrogen) atoms. The second-order valence-electron chi connectivity index (χ2n) is 5.20. The highest BCUT2D eigenvalue weighted by Gasteiger charge is 2.17. The van der Waals surface area contributed by atoms with Crippen molar-refractivity contribution >= 4 is 16.9 Å². The van der Waals surface area contributed by atoms with E-state index >= 15 is 0 Å². The Morgan fingerprint density at radius 2 is 2.10 bits per heavy atom. The van der Waals surface area contributed by atoms with Crippen molar-refractivity contribution in [2.75, 3.05) is 13.2 Å². The van der Waals surface area contributed by atoms with E-state index in [-0.39, 0.29) is 12.4 Å². The molecule has 0 fully saturated rings. The van der Waals surface area contributed by atoms with Gasteiger partial charge in [-0.05, 0) is 55.9 Å². The van der Waals surface area contributed by atoms with Crippen LogP contribution in [0.5, 0.6) is 0 Å². The first kappa shape index (κ1) is 15.6. The van der Waals surface area contributed by atoms with Crippen LogP contribution in [-0.4, -0.2) is 24.3 Å². The molecule has 4 heteroatoms. The molecule has 114 valence electrons. The topological polar surface area (TPSA) is 59.7 Å². The molecule has 1 aromatic heterocycles. The van der Waals surface area contributed by atoms with Crippen LogP contribution in [0.3, 0.4) is 0 Å². The highest BCUT2D eigenvalue weighted by atomic mass is 16.5. The number of ether oxygens (including phenoxy) is 1. The highest BCUT2D eigenvalue weighted by Crippen LogP contribution is 2.31. The fourth-order valence-electron chi connectivity index (χ4n) is 2.66. The molecule has 0 bridgehead atoms. The summed E-state index contributed by atoms with van der Waals surface area (Å²) in [6.07, 6.45) is 1.71. The molecule has 0 aliphatic heterocycles. The SMILES string of the molecule is CCOC(=O)c1cc2cc(C(CC)CCO)cc(C)c2o1. The molecule has 0 saturated heterocycles. The van der Waals surface area contributed by atoms with Crippen LogP contribution >= 0.6 is 0 Å². The number of hydrogen-bond donors (Lipinski definition) is 1. The van der Waals surface area contributed by atoms with Crippen molar-refractivity contribution in [2.24, 2.45) is 0 Å². The molecule has 0 amide bonds. The number of hydrogen-bond acceptors (Lipinski definition) is 4. The van der Waals surface area contributed by atoms with Crippen LogP contribution < -0.4 is 0 Å². The van der Waals surface area contributed by atoms with E-state index in [1.165, 1.54) is 5.56 Å². The quantitative estimate of drug-likeness (QED) is 0.822. The summed E-state index contributed by atoms with van der Waals surface area (Å²) >= 11 is 0. The van der Waals surface area contributed by atoms with Crippen molar-refractivity contribution in [3.8, 4) is 0 Å². The number of aliphatic hydroxyl groups is 1. The Morgan fingerprint density at radius 3 is 2.71 bits per heavy atom. The summed E-state index contributed by atoms with van der Waals surface area (Å²) < 4.78 is 10.6. The second-order valence-corrected chi connectivity index (χ2v) is 5.20. The molecule has 4 nitrogen and oxygen atoms in total. The molecule has 0 saturated carbocycles. The average molecular weight is 290 g/mol. The number of carbonyl (C=O) groups excluding carboxylic acids is 1. The van der Waals surface area contributed by atoms with E-state index in [4.69, 9.17) is 14.3 Å². The van der Waals surface area contributed by atoms with Gasteiger partial charge in [0.15, 0.2) is 0 Å². The molecule has 1 N–H and O–H groups in total. The van der Waals surface area contributed by atoms with E-state index in [0.717, 1.165) is 29.4 Å². The van der Waals surface area contributed by atoms with Crippen molar-refractivity contribution in [3.63, 3.8) is 0 Å². The third kappa shape index (κ3) is 3.27. The van der Waals surface area contributed by atoms with E-state index in [0.29, 0.717) is 12.5 Å². The van der Waals surface area contributed by atoms with E-state index in [1.54, 1.807) is 13.0 Å². The summed E-state index contributed by atoms with van der Waals surface area (Å²) in [5.74, 6) is 0.124. The van der Waals surface area contributed by atoms with Gasteiger partial charge in [0.1, 0.15) is 5.58 Å². The molecule has 2 aromatic rings. The molecule has 1 atom stereocenters. The number of fused-ring (bicyclic) bond motifs is 1. The van der Waals surface area contributed by atoms with Gasteiger partial charge in [-0.25, -0.2) is 4.79 Å². The summed E-state index contributed by atoms with van der Waals surface area (Å²) in [4.78, 5) is 11.8. The van der Waals surface area contributed by atoms with E-state index in [1.807, 2.05) is 13.0 Å². The van der Waals surface area contributed by atoms with Crippen LogP contribution in [0.1, 0.15) is 54.3 Å². The molecular weight excluding hydrogens is 268 g/mol. The Morgan fingerprint density at radius 1 is 1.33 bits per heavy atom. The monoisotopic (exact) mass is 290 g/mol. The van der Waals surface area contributed by atoms with Gasteiger partial charge >= 0.3 is 5.97 Å². The van der Waals surface area contributed by atoms with Crippen LogP contribution in [0.25, 0.3) is 11.0 Å². The van der Waals surface area contributed by atoms with E-state index in [2.05, 4.69) is 13.0 Å². The van der Waals surface area contributed by atoms with Crippen LogP contribution in [0, 0.1) is 6.92 Å². The fourth-order valence-corrected chi connectivity index (χ4v) is 2.66. The maximum atomic E-state index is 11.8. The predicted octanol–water partition coefficient (Wildman–Crippen LogP) is 3.79. The highest BCUT2D eigenvalue weighted by molar-refractivity contribution is 5.93. The maximum Gasteiger partial charge on any atom is 0.374 e. The first-order valence-corrected chi connectivity index (χ1v) is 7.42. The van der Waals surface area contributed by atoms with Crippen molar-refractivity contribution in [1.82, 2.24) is 0 Å². The number of rotatable bonds is 6. The van der Waals surface area contributed by atoms with Gasteiger partial charge < -0.3 is 14.3 Å². The zero-order chi connectivity index (χ0) is 15.4. The van der Waals surface area contributed by atoms with E-state index in [9.17, 15) is 4.79 Å². The number of furan rings is 1. The summed E-state index contributed by atoms with van der Waals surface area (Å²) in [7, 11) is 0. The fraction of sp³-hybridized carbons (Fsp3) is 0.471. The lowest BCUT2D eigenvalue weighted by atomic mass is 9.91. The third-order valence-corrected chi connectivity index (χ3v) is 3.74. The lowest BCUT2D eigenvalue weighted by molar-refractivity contribution is 0.0492. The first-order valence-electron chi connectivity index (χ1n) is 7.42. The van der Waals surface area contributed by atoms with Gasteiger partial charge in [0.25, 0.3) is 0 Å². The lowest BCUT2D eigenvalue weighted by Crippen LogP contribution is -2.02. The minimum atomic E-state index is -0.433. The minimum Gasteiger partial charge on any atom is -0.460 e. The maximum absolute atomic E-state index is 11.8. The molecule has 0 radical (unpaired) electrons. The van der Waals surface area contributed by atoms with Crippen LogP contribution in [0.4, 0.5) is 0 Å². The number of benzene rings is 1. The third-order valence-electron chi connectivity index (χ3n) is 3.74. The van der Waals surface area contributed by atoms with Crippen LogP contribution in [-0.2, 0) is 4.74 Å². The number of aryl methyl sites for hydroxylation is 1. The summed E-state index contributed by atoms with van der Waals surface area (Å²) in [5, 5.41) is 10.1. The van der Waals surface area contributed by atoms with Crippen molar-refractivity contribution in [1.29, 1.82) is 0 Å². The Bertz CT molecular complexity index is 627. The molecule has 0 aliphatic carbocycles. The lowest BCUT2D eigenvalue weighted by Gasteiger charge is -2.14. The second kappa shape index (κ2) is 6.76. The van der Waals surface area contributed by atoms with Gasteiger partial charge in [0, 0.05) is 12.0 Å². The molecule has 2 rings (SSSR count). The summed E-state index contributed by atoms with van der Waals surface area (Å²) in [6.45, 7) is 6.35. The Kier molecular flexibility index (Phi) is 5.02. The average Bonchev–Trinajstić information content (AvgIpc) is 2.89. The van der Waals surface area contributed by atoms with Gasteiger partial charge in [-0.3, -0.25) is 0 Å². The zero-order valence-corrected chi connectivity index (χ0v) is 12.8. The smallest absolute Gasteiger partial charge is 0.374 e. The Hall–Kier alpha value is -1.81. The Balaban J connectivity index is 2.42. The van der Waals surface area contributed by atoms with Gasteiger partial charge in [-0.15, -0.1) is 0 Å². The van der Waals surface area contributed by atoms with Gasteiger partial charge in [0.05, 0.1) is 6.61 Å². The van der Waals surface area contributed by atoms with Crippen LogP contribution in [0.15, 0.2) is 22.6 Å². The predicted molar refractivity (Wildman–Crippen MR) is 81.6 cm³/mol. The molecule has 1 aromatic carbocycles. The van der Waals surface area contributed by atoms with Crippen LogP contribution in [0.2, 0.25) is 0 Å². The first-order chi connectivity index (χ1) is 10.1. The summed E-state index contributed by atoms with van der Waals surface area (Å²) in [5.41, 5.74) is 2.89. The van der Waals surface area contributed by atoms with Gasteiger partial charge in [-0.1, -0.05) is 13.0 Å². The number of esters is 1.